The first-order chi connectivity index (χ1) is 11.9. The number of fused-ring (bicyclic) bond motifs is 2. The van der Waals surface area contributed by atoms with E-state index in [1.165, 1.54) is 25.8 Å². The van der Waals surface area contributed by atoms with Crippen molar-refractivity contribution in [3.05, 3.63) is 0 Å². The lowest BCUT2D eigenvalue weighted by Crippen LogP contribution is -2.34. The van der Waals surface area contributed by atoms with Gasteiger partial charge >= 0.3 is 0 Å². The molecule has 3 rings (SSSR count). The smallest absolute Gasteiger partial charge is 0.00893 e. The Bertz CT molecular complexity index is 414. The second kappa shape index (κ2) is 8.32. The highest BCUT2D eigenvalue weighted by molar-refractivity contribution is 4.98. The van der Waals surface area contributed by atoms with Gasteiger partial charge in [0.2, 0.25) is 0 Å². The number of hydrogen-bond donors (Lipinski definition) is 0. The summed E-state index contributed by atoms with van der Waals surface area (Å²) in [5, 5.41) is 0. The summed E-state index contributed by atoms with van der Waals surface area (Å²) < 4.78 is 0. The molecular weight excluding hydrogens is 302 g/mol. The normalized spacial score (nSPS) is 40.4. The maximum absolute atomic E-state index is 2.61. The molecule has 0 amide bonds. The molecule has 3 aliphatic carbocycles. The minimum atomic E-state index is 0.730. The van der Waals surface area contributed by atoms with E-state index < -0.39 is 0 Å². The van der Waals surface area contributed by atoms with Gasteiger partial charge in [0.25, 0.3) is 0 Å². The first-order valence-electron chi connectivity index (χ1n) is 11.6. The summed E-state index contributed by atoms with van der Waals surface area (Å²) in [6, 6.07) is 0.730. The fraction of sp³-hybridized carbons (Fsp3) is 1.00. The van der Waals surface area contributed by atoms with E-state index in [0.717, 1.165) is 53.4 Å². The van der Waals surface area contributed by atoms with Crippen LogP contribution in [0, 0.1) is 47.3 Å². The van der Waals surface area contributed by atoms with Crippen molar-refractivity contribution in [1.29, 1.82) is 0 Å². The Morgan fingerprint density at radius 1 is 1.04 bits per heavy atom. The van der Waals surface area contributed by atoms with Crippen LogP contribution in [0.1, 0.15) is 86.0 Å². The van der Waals surface area contributed by atoms with Crippen molar-refractivity contribution < 1.29 is 0 Å². The molecule has 3 saturated carbocycles. The van der Waals surface area contributed by atoms with Crippen LogP contribution in [0.5, 0.6) is 0 Å². The zero-order valence-corrected chi connectivity index (χ0v) is 18.0. The maximum atomic E-state index is 2.61. The van der Waals surface area contributed by atoms with Gasteiger partial charge in [-0.1, -0.05) is 47.0 Å². The van der Waals surface area contributed by atoms with Crippen LogP contribution in [-0.2, 0) is 0 Å². The molecule has 8 unspecified atom stereocenters. The Hall–Kier alpha value is -0.0400. The molecule has 0 heterocycles. The summed E-state index contributed by atoms with van der Waals surface area (Å²) in [5.74, 6) is 8.20. The molecule has 25 heavy (non-hydrogen) atoms. The van der Waals surface area contributed by atoms with E-state index in [-0.39, 0.29) is 0 Å². The molecule has 3 fully saturated rings. The molecule has 0 aromatic rings. The van der Waals surface area contributed by atoms with Gasteiger partial charge in [0.15, 0.2) is 0 Å². The molecule has 3 aliphatic rings. The lowest BCUT2D eigenvalue weighted by molar-refractivity contribution is 0.141. The van der Waals surface area contributed by atoms with Crippen molar-refractivity contribution >= 4 is 0 Å². The van der Waals surface area contributed by atoms with Crippen LogP contribution >= 0.6 is 0 Å². The molecule has 0 aliphatic heterocycles. The average Bonchev–Trinajstić information content (AvgIpc) is 3.38. The summed E-state index contributed by atoms with van der Waals surface area (Å²) in [7, 11) is 2.28. The van der Waals surface area contributed by atoms with Crippen LogP contribution in [0.4, 0.5) is 0 Å². The van der Waals surface area contributed by atoms with Crippen molar-refractivity contribution in [2.75, 3.05) is 13.6 Å². The van der Waals surface area contributed by atoms with Gasteiger partial charge in [-0.2, -0.15) is 0 Å². The quantitative estimate of drug-likeness (QED) is 0.461. The summed E-state index contributed by atoms with van der Waals surface area (Å²) in [6.45, 7) is 13.6. The zero-order valence-electron chi connectivity index (χ0n) is 18.0. The van der Waals surface area contributed by atoms with Crippen molar-refractivity contribution in [1.82, 2.24) is 4.90 Å². The fourth-order valence-corrected chi connectivity index (χ4v) is 6.63. The predicted molar refractivity (Wildman–Crippen MR) is 110 cm³/mol. The lowest BCUT2D eigenvalue weighted by Gasteiger charge is -2.35. The van der Waals surface area contributed by atoms with Gasteiger partial charge in [0.1, 0.15) is 0 Å². The van der Waals surface area contributed by atoms with Gasteiger partial charge in [-0.25, -0.2) is 0 Å². The van der Waals surface area contributed by atoms with Gasteiger partial charge in [0.05, 0.1) is 0 Å². The number of hydrogen-bond acceptors (Lipinski definition) is 1. The van der Waals surface area contributed by atoms with E-state index in [2.05, 4.69) is 46.6 Å². The number of rotatable bonds is 9. The summed E-state index contributed by atoms with van der Waals surface area (Å²) in [4.78, 5) is 2.51. The Morgan fingerprint density at radius 2 is 1.76 bits per heavy atom. The third-order valence-electron chi connectivity index (χ3n) is 9.10. The molecule has 0 N–H and O–H groups in total. The van der Waals surface area contributed by atoms with E-state index in [4.69, 9.17) is 0 Å². The van der Waals surface area contributed by atoms with Crippen molar-refractivity contribution in [3.63, 3.8) is 0 Å². The van der Waals surface area contributed by atoms with Crippen molar-refractivity contribution in [2.45, 2.75) is 92.0 Å². The Balaban J connectivity index is 1.48. The lowest BCUT2D eigenvalue weighted by atomic mass is 9.70. The molecule has 2 bridgehead atoms. The molecule has 1 nitrogen and oxygen atoms in total. The van der Waals surface area contributed by atoms with Gasteiger partial charge < -0.3 is 4.90 Å². The Kier molecular flexibility index (Phi) is 6.56. The van der Waals surface area contributed by atoms with Crippen LogP contribution in [0.3, 0.4) is 0 Å². The summed E-state index contributed by atoms with van der Waals surface area (Å²) >= 11 is 0. The molecular formula is C24H45N. The minimum absolute atomic E-state index is 0.730. The van der Waals surface area contributed by atoms with Crippen LogP contribution in [-0.4, -0.2) is 24.5 Å². The minimum Gasteiger partial charge on any atom is -0.304 e. The van der Waals surface area contributed by atoms with Gasteiger partial charge in [-0.05, 0) is 100.0 Å². The monoisotopic (exact) mass is 347 g/mol. The molecule has 8 atom stereocenters. The molecule has 0 spiro atoms. The van der Waals surface area contributed by atoms with Crippen molar-refractivity contribution in [3.8, 4) is 0 Å². The van der Waals surface area contributed by atoms with Crippen LogP contribution < -0.4 is 0 Å². The highest BCUT2D eigenvalue weighted by Crippen LogP contribution is 2.57. The van der Waals surface area contributed by atoms with Crippen LogP contribution in [0.25, 0.3) is 0 Å². The standard InChI is InChI=1S/C24H45N/c1-7-25(6)19(5)16(2)9-8-10-23-18(4)24-15-22(23)14-21(17(24)3)13-20-11-12-20/h16-24H,7-15H2,1-6H3. The van der Waals surface area contributed by atoms with E-state index in [9.17, 15) is 0 Å². The predicted octanol–water partition coefficient (Wildman–Crippen LogP) is 6.48. The molecule has 146 valence electrons. The first-order valence-corrected chi connectivity index (χ1v) is 11.6. The Morgan fingerprint density at radius 3 is 2.40 bits per heavy atom. The second-order valence-electron chi connectivity index (χ2n) is 10.4. The Labute approximate surface area is 158 Å². The maximum Gasteiger partial charge on any atom is 0.00893 e. The molecule has 0 aromatic carbocycles. The SMILES string of the molecule is CCN(C)C(C)C(C)CCCC1C2CC(CC3CC3)C(C)C(C2)C1C. The molecule has 1 heteroatoms. The van der Waals surface area contributed by atoms with Crippen LogP contribution in [0.2, 0.25) is 0 Å². The van der Waals surface area contributed by atoms with E-state index >= 15 is 0 Å². The van der Waals surface area contributed by atoms with Gasteiger partial charge in [-0.15, -0.1) is 0 Å². The molecule has 0 radical (unpaired) electrons. The van der Waals surface area contributed by atoms with E-state index in [0.29, 0.717) is 0 Å². The van der Waals surface area contributed by atoms with Gasteiger partial charge in [0, 0.05) is 6.04 Å². The first kappa shape index (κ1) is 19.7. The van der Waals surface area contributed by atoms with Crippen LogP contribution in [0.15, 0.2) is 0 Å². The molecule has 0 saturated heterocycles. The average molecular weight is 348 g/mol. The third kappa shape index (κ3) is 4.45. The highest BCUT2D eigenvalue weighted by atomic mass is 15.1. The summed E-state index contributed by atoms with van der Waals surface area (Å²) in [5.41, 5.74) is 0. The van der Waals surface area contributed by atoms with Gasteiger partial charge in [-0.3, -0.25) is 0 Å². The number of nitrogens with zero attached hydrogens (tertiary/aromatic N) is 1. The highest BCUT2D eigenvalue weighted by Gasteiger charge is 2.49. The van der Waals surface area contributed by atoms with E-state index in [1.807, 2.05) is 0 Å². The summed E-state index contributed by atoms with van der Waals surface area (Å²) in [6.07, 6.45) is 12.2. The fourth-order valence-electron chi connectivity index (χ4n) is 6.63. The second-order valence-corrected chi connectivity index (χ2v) is 10.4. The molecule has 0 aromatic heterocycles. The largest absolute Gasteiger partial charge is 0.304 e. The third-order valence-corrected chi connectivity index (χ3v) is 9.10. The zero-order chi connectivity index (χ0) is 18.1. The van der Waals surface area contributed by atoms with Crippen molar-refractivity contribution in [2.24, 2.45) is 47.3 Å². The topological polar surface area (TPSA) is 3.24 Å². The van der Waals surface area contributed by atoms with E-state index in [1.54, 1.807) is 32.1 Å².